The number of rotatable bonds is 3. The maximum absolute atomic E-state index is 11.8. The van der Waals surface area contributed by atoms with Crippen molar-refractivity contribution in [3.63, 3.8) is 0 Å². The van der Waals surface area contributed by atoms with Crippen LogP contribution in [0.4, 0.5) is 20.2 Å². The third-order valence-corrected chi connectivity index (χ3v) is 1.96. The Bertz CT molecular complexity index is 273. The lowest BCUT2D eigenvalue weighted by Crippen LogP contribution is -2.12. The third-order valence-electron chi connectivity index (χ3n) is 1.36. The first-order valence-electron chi connectivity index (χ1n) is 3.52. The number of nitrogen functional groups attached to an aromatic ring is 1. The Morgan fingerprint density at radius 2 is 2.23 bits per heavy atom. The van der Waals surface area contributed by atoms with E-state index < -0.39 is 13.0 Å². The zero-order chi connectivity index (χ0) is 9.84. The van der Waals surface area contributed by atoms with Crippen LogP contribution >= 0.6 is 15.9 Å². The molecule has 0 aliphatic heterocycles. The standard InChI is InChI=1S/C7H8BrF2N3/c8-4-1-12-2-5(11)7(4)13-3-6(9)10/h1-2,6H,3,11H2,(H,12,13). The minimum absolute atomic E-state index is 0.343. The zero-order valence-corrected chi connectivity index (χ0v) is 8.18. The van der Waals surface area contributed by atoms with Crippen molar-refractivity contribution in [3.05, 3.63) is 16.9 Å². The van der Waals surface area contributed by atoms with Crippen molar-refractivity contribution in [2.45, 2.75) is 6.43 Å². The Labute approximate surface area is 82.5 Å². The van der Waals surface area contributed by atoms with Crippen molar-refractivity contribution in [2.75, 3.05) is 17.6 Å². The minimum Gasteiger partial charge on any atom is -0.396 e. The molecule has 13 heavy (non-hydrogen) atoms. The van der Waals surface area contributed by atoms with Crippen molar-refractivity contribution in [1.29, 1.82) is 0 Å². The Balaban J connectivity index is 2.75. The molecule has 3 N–H and O–H groups in total. The molecule has 6 heteroatoms. The lowest BCUT2D eigenvalue weighted by Gasteiger charge is -2.09. The molecule has 3 nitrogen and oxygen atoms in total. The molecule has 0 aliphatic carbocycles. The van der Waals surface area contributed by atoms with Gasteiger partial charge in [0.05, 0.1) is 28.6 Å². The Morgan fingerprint density at radius 3 is 2.77 bits per heavy atom. The second-order valence-electron chi connectivity index (χ2n) is 2.36. The molecule has 0 atom stereocenters. The highest BCUT2D eigenvalue weighted by molar-refractivity contribution is 9.10. The summed E-state index contributed by atoms with van der Waals surface area (Å²) in [6, 6.07) is 0. The molecule has 0 amide bonds. The fraction of sp³-hybridized carbons (Fsp3) is 0.286. The molecule has 0 spiro atoms. The maximum Gasteiger partial charge on any atom is 0.255 e. The van der Waals surface area contributed by atoms with E-state index in [2.05, 4.69) is 26.2 Å². The van der Waals surface area contributed by atoms with E-state index in [0.29, 0.717) is 15.8 Å². The van der Waals surface area contributed by atoms with Crippen LogP contribution in [0.15, 0.2) is 16.9 Å². The van der Waals surface area contributed by atoms with Crippen molar-refractivity contribution < 1.29 is 8.78 Å². The molecule has 1 heterocycles. The Morgan fingerprint density at radius 1 is 1.54 bits per heavy atom. The molecule has 0 unspecified atom stereocenters. The van der Waals surface area contributed by atoms with Gasteiger partial charge in [0.1, 0.15) is 0 Å². The first kappa shape index (κ1) is 10.2. The summed E-state index contributed by atoms with van der Waals surface area (Å²) in [7, 11) is 0. The minimum atomic E-state index is -2.40. The van der Waals surface area contributed by atoms with Crippen LogP contribution in [0.5, 0.6) is 0 Å². The Kier molecular flexibility index (Phi) is 3.41. The number of nitrogens with zero attached hydrogens (tertiary/aromatic N) is 1. The highest BCUT2D eigenvalue weighted by atomic mass is 79.9. The fourth-order valence-electron chi connectivity index (χ4n) is 0.816. The lowest BCUT2D eigenvalue weighted by molar-refractivity contribution is 0.163. The number of aromatic nitrogens is 1. The second kappa shape index (κ2) is 4.36. The van der Waals surface area contributed by atoms with E-state index in [1.165, 1.54) is 12.4 Å². The quantitative estimate of drug-likeness (QED) is 0.866. The summed E-state index contributed by atoms with van der Waals surface area (Å²) in [6.45, 7) is -0.424. The largest absolute Gasteiger partial charge is 0.396 e. The van der Waals surface area contributed by atoms with Gasteiger partial charge in [-0.15, -0.1) is 0 Å². The first-order chi connectivity index (χ1) is 6.11. The van der Waals surface area contributed by atoms with E-state index in [1.54, 1.807) is 0 Å². The zero-order valence-electron chi connectivity index (χ0n) is 6.60. The number of alkyl halides is 2. The molecule has 0 fully saturated rings. The predicted octanol–water partition coefficient (Wildman–Crippen LogP) is 2.10. The Hall–Kier alpha value is -0.910. The number of anilines is 2. The molecule has 0 radical (unpaired) electrons. The van der Waals surface area contributed by atoms with Crippen molar-refractivity contribution in [3.8, 4) is 0 Å². The van der Waals surface area contributed by atoms with Gasteiger partial charge in [0.2, 0.25) is 0 Å². The van der Waals surface area contributed by atoms with Crippen LogP contribution in [0, 0.1) is 0 Å². The van der Waals surface area contributed by atoms with Gasteiger partial charge in [-0.25, -0.2) is 8.78 Å². The van der Waals surface area contributed by atoms with Gasteiger partial charge in [-0.05, 0) is 15.9 Å². The first-order valence-corrected chi connectivity index (χ1v) is 4.31. The summed E-state index contributed by atoms with van der Waals surface area (Å²) in [4.78, 5) is 3.77. The van der Waals surface area contributed by atoms with Gasteiger partial charge in [0.15, 0.2) is 0 Å². The molecule has 0 saturated heterocycles. The molecule has 1 aromatic rings. The van der Waals surface area contributed by atoms with Crippen LogP contribution in [0.1, 0.15) is 0 Å². The van der Waals surface area contributed by atoms with Gasteiger partial charge in [0.25, 0.3) is 6.43 Å². The van der Waals surface area contributed by atoms with Gasteiger partial charge >= 0.3 is 0 Å². The van der Waals surface area contributed by atoms with Crippen molar-refractivity contribution >= 4 is 27.3 Å². The molecule has 72 valence electrons. The topological polar surface area (TPSA) is 50.9 Å². The average molecular weight is 252 g/mol. The third kappa shape index (κ3) is 2.80. The molecule has 1 aromatic heterocycles. The van der Waals surface area contributed by atoms with Gasteiger partial charge in [-0.1, -0.05) is 0 Å². The van der Waals surface area contributed by atoms with Crippen LogP contribution in [-0.4, -0.2) is 18.0 Å². The number of pyridine rings is 1. The molecular weight excluding hydrogens is 244 g/mol. The van der Waals surface area contributed by atoms with Crippen molar-refractivity contribution in [1.82, 2.24) is 4.98 Å². The van der Waals surface area contributed by atoms with E-state index in [4.69, 9.17) is 5.73 Å². The van der Waals surface area contributed by atoms with Gasteiger partial charge in [0, 0.05) is 6.20 Å². The van der Waals surface area contributed by atoms with Crippen LogP contribution in [0.3, 0.4) is 0 Å². The summed E-state index contributed by atoms with van der Waals surface area (Å²) >= 11 is 3.15. The van der Waals surface area contributed by atoms with Crippen molar-refractivity contribution in [2.24, 2.45) is 0 Å². The summed E-state index contributed by atoms with van der Waals surface area (Å²) < 4.78 is 24.3. The summed E-state index contributed by atoms with van der Waals surface area (Å²) in [5, 5.41) is 2.52. The van der Waals surface area contributed by atoms with E-state index in [9.17, 15) is 8.78 Å². The molecule has 1 rings (SSSR count). The smallest absolute Gasteiger partial charge is 0.255 e. The number of nitrogens with one attached hydrogen (secondary N) is 1. The summed E-state index contributed by atoms with van der Waals surface area (Å²) in [5.41, 5.74) is 6.30. The molecule has 0 aliphatic rings. The van der Waals surface area contributed by atoms with E-state index in [-0.39, 0.29) is 0 Å². The van der Waals surface area contributed by atoms with Crippen LogP contribution in [0.25, 0.3) is 0 Å². The van der Waals surface area contributed by atoms with Gasteiger partial charge < -0.3 is 11.1 Å². The summed E-state index contributed by atoms with van der Waals surface area (Å²) in [5.74, 6) is 0. The molecule has 0 saturated carbocycles. The van der Waals surface area contributed by atoms with E-state index in [1.807, 2.05) is 0 Å². The fourth-order valence-corrected chi connectivity index (χ4v) is 1.30. The molecule has 0 bridgehead atoms. The van der Waals surface area contributed by atoms with E-state index >= 15 is 0 Å². The maximum atomic E-state index is 11.8. The highest BCUT2D eigenvalue weighted by Gasteiger charge is 2.07. The van der Waals surface area contributed by atoms with Gasteiger partial charge in [-0.3, -0.25) is 4.98 Å². The monoisotopic (exact) mass is 251 g/mol. The number of hydrogen-bond acceptors (Lipinski definition) is 3. The van der Waals surface area contributed by atoms with E-state index in [0.717, 1.165) is 0 Å². The second-order valence-corrected chi connectivity index (χ2v) is 3.21. The van der Waals surface area contributed by atoms with Gasteiger partial charge in [-0.2, -0.15) is 0 Å². The lowest BCUT2D eigenvalue weighted by atomic mass is 10.3. The number of nitrogens with two attached hydrogens (primary N) is 1. The number of hydrogen-bond donors (Lipinski definition) is 2. The normalized spacial score (nSPS) is 10.5. The molecule has 0 aromatic carbocycles. The number of halogens is 3. The SMILES string of the molecule is Nc1cncc(Br)c1NCC(F)F. The average Bonchev–Trinajstić information content (AvgIpc) is 2.03. The summed E-state index contributed by atoms with van der Waals surface area (Å²) in [6.07, 6.45) is 0.488. The van der Waals surface area contributed by atoms with Crippen LogP contribution in [-0.2, 0) is 0 Å². The highest BCUT2D eigenvalue weighted by Crippen LogP contribution is 2.26. The predicted molar refractivity (Wildman–Crippen MR) is 50.8 cm³/mol. The van der Waals surface area contributed by atoms with Crippen LogP contribution < -0.4 is 11.1 Å². The van der Waals surface area contributed by atoms with Crippen LogP contribution in [0.2, 0.25) is 0 Å². The molecular formula is C7H8BrF2N3.